The molecule has 0 aliphatic rings. The van der Waals surface area contributed by atoms with Crippen molar-refractivity contribution in [1.29, 1.82) is 0 Å². The zero-order valence-electron chi connectivity index (χ0n) is 10.5. The number of benzene rings is 1. The van der Waals surface area contributed by atoms with Crippen LogP contribution in [-0.2, 0) is 10.2 Å². The molecule has 0 saturated carbocycles. The van der Waals surface area contributed by atoms with E-state index in [1.165, 1.54) is 23.5 Å². The molecule has 0 saturated heterocycles. The van der Waals surface area contributed by atoms with Crippen LogP contribution in [0.4, 0.5) is 11.4 Å². The molecule has 1 aromatic heterocycles. The summed E-state index contributed by atoms with van der Waals surface area (Å²) in [6, 6.07) is 6.20. The van der Waals surface area contributed by atoms with E-state index in [4.69, 9.17) is 5.14 Å². The number of carbonyl (C=O) groups is 1. The predicted molar refractivity (Wildman–Crippen MR) is 78.0 cm³/mol. The zero-order chi connectivity index (χ0) is 14.8. The van der Waals surface area contributed by atoms with E-state index in [0.717, 1.165) is 5.01 Å². The number of thiazole rings is 1. The first-order valence-electron chi connectivity index (χ1n) is 5.47. The number of nitrogens with two attached hydrogens (primary N) is 1. The topological polar surface area (TPSA) is 114 Å². The van der Waals surface area contributed by atoms with Crippen LogP contribution in [0, 0.1) is 6.92 Å². The minimum Gasteiger partial charge on any atom is -0.321 e. The van der Waals surface area contributed by atoms with Gasteiger partial charge in [0.05, 0.1) is 10.7 Å². The summed E-state index contributed by atoms with van der Waals surface area (Å²) in [5, 5.41) is 9.95. The van der Waals surface area contributed by atoms with Crippen molar-refractivity contribution in [3.63, 3.8) is 0 Å². The molecule has 1 amide bonds. The number of aromatic nitrogens is 1. The van der Waals surface area contributed by atoms with Crippen LogP contribution in [0.25, 0.3) is 0 Å². The smallest absolute Gasteiger partial charge is 0.296 e. The van der Waals surface area contributed by atoms with Crippen molar-refractivity contribution < 1.29 is 13.2 Å². The van der Waals surface area contributed by atoms with E-state index >= 15 is 0 Å². The Morgan fingerprint density at radius 3 is 2.65 bits per heavy atom. The Kier molecular flexibility index (Phi) is 4.02. The van der Waals surface area contributed by atoms with Gasteiger partial charge in [-0.1, -0.05) is 6.07 Å². The van der Waals surface area contributed by atoms with Gasteiger partial charge in [-0.25, -0.2) is 10.1 Å². The normalized spacial score (nSPS) is 11.1. The van der Waals surface area contributed by atoms with Crippen molar-refractivity contribution >= 4 is 38.8 Å². The Morgan fingerprint density at radius 1 is 1.35 bits per heavy atom. The number of amides is 1. The molecule has 1 heterocycles. The molecular formula is C11H12N4O3S2. The van der Waals surface area contributed by atoms with Crippen LogP contribution in [0.1, 0.15) is 15.5 Å². The van der Waals surface area contributed by atoms with E-state index in [1.807, 2.05) is 0 Å². The molecule has 0 fully saturated rings. The third-order valence-corrected chi connectivity index (χ3v) is 3.53. The first kappa shape index (κ1) is 14.4. The Morgan fingerprint density at radius 2 is 2.05 bits per heavy atom. The molecule has 0 unspecified atom stereocenters. The van der Waals surface area contributed by atoms with Crippen LogP contribution in [0.15, 0.2) is 29.6 Å². The Balaban J connectivity index is 2.14. The average Bonchev–Trinajstić information content (AvgIpc) is 2.74. The van der Waals surface area contributed by atoms with Crippen molar-refractivity contribution in [2.24, 2.45) is 5.14 Å². The summed E-state index contributed by atoms with van der Waals surface area (Å²) in [7, 11) is -3.84. The fourth-order valence-corrected chi connectivity index (χ4v) is 2.54. The highest BCUT2D eigenvalue weighted by Crippen LogP contribution is 2.17. The van der Waals surface area contributed by atoms with Gasteiger partial charge >= 0.3 is 0 Å². The van der Waals surface area contributed by atoms with Gasteiger partial charge in [0.2, 0.25) is 0 Å². The number of nitrogens with zero attached hydrogens (tertiary/aromatic N) is 1. The number of anilines is 2. The highest BCUT2D eigenvalue weighted by Gasteiger charge is 2.10. The molecule has 106 valence electrons. The van der Waals surface area contributed by atoms with E-state index in [2.05, 4.69) is 15.0 Å². The molecule has 0 aliphatic heterocycles. The summed E-state index contributed by atoms with van der Waals surface area (Å²) >= 11 is 1.37. The maximum absolute atomic E-state index is 11.9. The van der Waals surface area contributed by atoms with E-state index in [9.17, 15) is 13.2 Å². The molecule has 0 aliphatic carbocycles. The zero-order valence-corrected chi connectivity index (χ0v) is 12.1. The fraction of sp³-hybridized carbons (Fsp3) is 0.0909. The summed E-state index contributed by atoms with van der Waals surface area (Å²) < 4.78 is 24.0. The maximum atomic E-state index is 11.9. The molecule has 7 nitrogen and oxygen atoms in total. The van der Waals surface area contributed by atoms with Crippen LogP contribution in [0.5, 0.6) is 0 Å². The van der Waals surface area contributed by atoms with Gasteiger partial charge < -0.3 is 5.32 Å². The number of hydrogen-bond acceptors (Lipinski definition) is 5. The summed E-state index contributed by atoms with van der Waals surface area (Å²) in [6.45, 7) is 1.80. The third kappa shape index (κ3) is 4.02. The van der Waals surface area contributed by atoms with E-state index in [0.29, 0.717) is 11.4 Å². The molecule has 20 heavy (non-hydrogen) atoms. The van der Waals surface area contributed by atoms with Crippen molar-refractivity contribution in [2.45, 2.75) is 6.92 Å². The quantitative estimate of drug-likeness (QED) is 0.789. The maximum Gasteiger partial charge on any atom is 0.296 e. The van der Waals surface area contributed by atoms with Gasteiger partial charge in [-0.15, -0.1) is 11.3 Å². The number of hydrogen-bond donors (Lipinski definition) is 3. The SMILES string of the molecule is Cc1nc(C(=O)Nc2cccc(NS(N)(=O)=O)c2)cs1. The van der Waals surface area contributed by atoms with Crippen LogP contribution in [0.3, 0.4) is 0 Å². The average molecular weight is 312 g/mol. The van der Waals surface area contributed by atoms with E-state index < -0.39 is 10.2 Å². The van der Waals surface area contributed by atoms with Crippen molar-refractivity contribution in [2.75, 3.05) is 10.0 Å². The molecular weight excluding hydrogens is 300 g/mol. The Bertz CT molecular complexity index is 740. The van der Waals surface area contributed by atoms with E-state index in [-0.39, 0.29) is 11.6 Å². The second-order valence-electron chi connectivity index (χ2n) is 3.93. The van der Waals surface area contributed by atoms with Gasteiger partial charge in [-0.2, -0.15) is 8.42 Å². The van der Waals surface area contributed by atoms with Gasteiger partial charge in [-0.05, 0) is 25.1 Å². The van der Waals surface area contributed by atoms with Crippen molar-refractivity contribution in [3.8, 4) is 0 Å². The summed E-state index contributed by atoms with van der Waals surface area (Å²) in [4.78, 5) is 16.0. The summed E-state index contributed by atoms with van der Waals surface area (Å²) in [5.74, 6) is -0.359. The lowest BCUT2D eigenvalue weighted by Crippen LogP contribution is -2.21. The lowest BCUT2D eigenvalue weighted by atomic mass is 10.3. The van der Waals surface area contributed by atoms with Gasteiger partial charge in [0.15, 0.2) is 0 Å². The standard InChI is InChI=1S/C11H12N4O3S2/c1-7-13-10(6-19-7)11(16)14-8-3-2-4-9(5-8)15-20(12,17)18/h2-6,15H,1H3,(H,14,16)(H2,12,17,18). The van der Waals surface area contributed by atoms with E-state index in [1.54, 1.807) is 24.4 Å². The van der Waals surface area contributed by atoms with Crippen LogP contribution < -0.4 is 15.2 Å². The minimum atomic E-state index is -3.84. The highest BCUT2D eigenvalue weighted by atomic mass is 32.2. The molecule has 4 N–H and O–H groups in total. The van der Waals surface area contributed by atoms with Crippen LogP contribution in [-0.4, -0.2) is 19.3 Å². The molecule has 2 rings (SSSR count). The first-order chi connectivity index (χ1) is 9.33. The predicted octanol–water partition coefficient (Wildman–Crippen LogP) is 1.32. The van der Waals surface area contributed by atoms with Gasteiger partial charge in [0, 0.05) is 11.1 Å². The number of aryl methyl sites for hydroxylation is 1. The monoisotopic (exact) mass is 312 g/mol. The lowest BCUT2D eigenvalue weighted by Gasteiger charge is -2.07. The Labute approximate surface area is 120 Å². The first-order valence-corrected chi connectivity index (χ1v) is 7.90. The molecule has 0 radical (unpaired) electrons. The molecule has 0 bridgehead atoms. The molecule has 2 aromatic rings. The van der Waals surface area contributed by atoms with Crippen molar-refractivity contribution in [3.05, 3.63) is 40.3 Å². The van der Waals surface area contributed by atoms with Crippen molar-refractivity contribution in [1.82, 2.24) is 4.98 Å². The van der Waals surface area contributed by atoms with Gasteiger partial charge in [-0.3, -0.25) is 9.52 Å². The number of carbonyl (C=O) groups excluding carboxylic acids is 1. The molecule has 9 heteroatoms. The molecule has 0 atom stereocenters. The summed E-state index contributed by atoms with van der Waals surface area (Å²) in [6.07, 6.45) is 0. The Hall–Kier alpha value is -1.97. The van der Waals surface area contributed by atoms with Crippen LogP contribution in [0.2, 0.25) is 0 Å². The molecule has 1 aromatic carbocycles. The minimum absolute atomic E-state index is 0.264. The third-order valence-electron chi connectivity index (χ3n) is 2.23. The number of rotatable bonds is 4. The number of nitrogens with one attached hydrogen (secondary N) is 2. The van der Waals surface area contributed by atoms with Gasteiger partial charge in [0.25, 0.3) is 16.1 Å². The summed E-state index contributed by atoms with van der Waals surface area (Å²) in [5.41, 5.74) is 1.02. The molecule has 0 spiro atoms. The largest absolute Gasteiger partial charge is 0.321 e. The van der Waals surface area contributed by atoms with Gasteiger partial charge in [0.1, 0.15) is 5.69 Å². The second kappa shape index (κ2) is 5.57. The fourth-order valence-electron chi connectivity index (χ4n) is 1.49. The lowest BCUT2D eigenvalue weighted by molar-refractivity contribution is 0.102. The second-order valence-corrected chi connectivity index (χ2v) is 6.29. The van der Waals surface area contributed by atoms with Crippen LogP contribution >= 0.6 is 11.3 Å². The highest BCUT2D eigenvalue weighted by molar-refractivity contribution is 7.90.